The quantitative estimate of drug-likeness (QED) is 0.574. The van der Waals surface area contributed by atoms with Gasteiger partial charge in [-0.3, -0.25) is 0 Å². The fourth-order valence-electron chi connectivity index (χ4n) is 0.783. The third-order valence-electron chi connectivity index (χ3n) is 1.44. The van der Waals surface area contributed by atoms with Gasteiger partial charge in [0, 0.05) is 16.0 Å². The van der Waals surface area contributed by atoms with Crippen LogP contribution in [-0.2, 0) is 5.75 Å². The Bertz CT molecular complexity index is 267. The molecule has 0 saturated carbocycles. The van der Waals surface area contributed by atoms with Crippen LogP contribution >= 0.6 is 57.2 Å². The van der Waals surface area contributed by atoms with Gasteiger partial charge in [-0.25, -0.2) is 0 Å². The van der Waals surface area contributed by atoms with Gasteiger partial charge in [-0.15, -0.1) is 0 Å². The molecule has 0 amide bonds. The molecule has 0 heterocycles. The molecule has 0 unspecified atom stereocenters. The molecule has 0 radical (unpaired) electrons. The van der Waals surface area contributed by atoms with Crippen LogP contribution < -0.4 is 0 Å². The van der Waals surface area contributed by atoms with E-state index in [1.54, 1.807) is 30.4 Å². The summed E-state index contributed by atoms with van der Waals surface area (Å²) in [6, 6.07) is 8.38. The molecule has 0 aliphatic rings. The molecule has 0 spiro atoms. The summed E-state index contributed by atoms with van der Waals surface area (Å²) in [6.45, 7) is 0.260. The second-order valence-electron chi connectivity index (χ2n) is 2.57. The van der Waals surface area contributed by atoms with Crippen LogP contribution in [0.3, 0.4) is 0 Å². The molecule has 0 aliphatic carbocycles. The fraction of sp³-hybridized carbons (Fsp3) is 0.333. The molecule has 1 aromatic carbocycles. The molecule has 0 saturated heterocycles. The lowest BCUT2D eigenvalue weighted by molar-refractivity contribution is 0.323. The van der Waals surface area contributed by atoms with Gasteiger partial charge in [-0.2, -0.15) is 0 Å². The standard InChI is InChI=1S/C9H11BrOS4/c10-9-3-1-8(2-4-9)7-13-15-14-12-6-5-11/h1-4,11H,5-7H2. The maximum absolute atomic E-state index is 8.57. The van der Waals surface area contributed by atoms with Gasteiger partial charge < -0.3 is 5.11 Å². The van der Waals surface area contributed by atoms with Gasteiger partial charge in [0.2, 0.25) is 0 Å². The highest BCUT2D eigenvalue weighted by Gasteiger charge is 1.95. The molecular weight excluding hydrogens is 332 g/mol. The molecule has 6 heteroatoms. The summed E-state index contributed by atoms with van der Waals surface area (Å²) in [5.41, 5.74) is 1.34. The van der Waals surface area contributed by atoms with Crippen LogP contribution in [0.1, 0.15) is 5.56 Å². The first kappa shape index (κ1) is 14.1. The minimum atomic E-state index is 0.260. The molecule has 0 aromatic heterocycles. The topological polar surface area (TPSA) is 20.2 Å². The second-order valence-corrected chi connectivity index (χ2v) is 9.61. The summed E-state index contributed by atoms with van der Waals surface area (Å²) in [7, 11) is 7.01. The number of rotatable bonds is 7. The average molecular weight is 343 g/mol. The number of benzene rings is 1. The largest absolute Gasteiger partial charge is 0.395 e. The molecule has 84 valence electrons. The van der Waals surface area contributed by atoms with Crippen molar-refractivity contribution in [2.45, 2.75) is 5.75 Å². The Labute approximate surface area is 114 Å². The lowest BCUT2D eigenvalue weighted by Crippen LogP contribution is -1.80. The summed E-state index contributed by atoms with van der Waals surface area (Å²) in [4.78, 5) is 0. The van der Waals surface area contributed by atoms with Crippen molar-refractivity contribution in [2.24, 2.45) is 0 Å². The highest BCUT2D eigenvalue weighted by Crippen LogP contribution is 2.43. The van der Waals surface area contributed by atoms with E-state index in [-0.39, 0.29) is 6.61 Å². The van der Waals surface area contributed by atoms with Crippen LogP contribution in [0.5, 0.6) is 0 Å². The van der Waals surface area contributed by atoms with Crippen LogP contribution in [-0.4, -0.2) is 17.5 Å². The first-order valence-corrected chi connectivity index (χ1v) is 10.2. The predicted molar refractivity (Wildman–Crippen MR) is 80.2 cm³/mol. The van der Waals surface area contributed by atoms with Crippen LogP contribution in [0.2, 0.25) is 0 Å². The van der Waals surface area contributed by atoms with Crippen molar-refractivity contribution in [3.05, 3.63) is 34.3 Å². The van der Waals surface area contributed by atoms with Crippen LogP contribution in [0.15, 0.2) is 28.7 Å². The van der Waals surface area contributed by atoms with E-state index in [0.29, 0.717) is 0 Å². The van der Waals surface area contributed by atoms with Gasteiger partial charge in [-0.05, 0) is 37.3 Å². The van der Waals surface area contributed by atoms with E-state index in [0.717, 1.165) is 16.0 Å². The Hall–Kier alpha value is 1.06. The molecule has 0 aliphatic heterocycles. The van der Waals surface area contributed by atoms with E-state index in [4.69, 9.17) is 5.11 Å². The molecular formula is C9H11BrOS4. The van der Waals surface area contributed by atoms with Crippen LogP contribution in [0.4, 0.5) is 0 Å². The second kappa shape index (κ2) is 9.13. The maximum Gasteiger partial charge on any atom is 0.0530 e. The summed E-state index contributed by atoms with van der Waals surface area (Å²) in [5, 5.41) is 8.57. The van der Waals surface area contributed by atoms with E-state index in [1.165, 1.54) is 5.56 Å². The summed E-state index contributed by atoms with van der Waals surface area (Å²) in [6.07, 6.45) is 0. The lowest BCUT2D eigenvalue weighted by Gasteiger charge is -2.00. The molecule has 1 N–H and O–H groups in total. The van der Waals surface area contributed by atoms with Crippen LogP contribution in [0.25, 0.3) is 0 Å². The average Bonchev–Trinajstić information content (AvgIpc) is 2.26. The summed E-state index contributed by atoms with van der Waals surface area (Å²) in [5.74, 6) is 1.82. The fourth-order valence-corrected chi connectivity index (χ4v) is 6.74. The van der Waals surface area contributed by atoms with Gasteiger partial charge in [0.25, 0.3) is 0 Å². The third kappa shape index (κ3) is 7.07. The summed E-state index contributed by atoms with van der Waals surface area (Å²) >= 11 is 3.41. The zero-order valence-electron chi connectivity index (χ0n) is 7.89. The van der Waals surface area contributed by atoms with Gasteiger partial charge in [0.05, 0.1) is 6.61 Å². The number of hydrogen-bond donors (Lipinski definition) is 1. The molecule has 0 fully saturated rings. The van der Waals surface area contributed by atoms with Crippen molar-refractivity contribution in [3.63, 3.8) is 0 Å². The first-order valence-electron chi connectivity index (χ1n) is 4.26. The predicted octanol–water partition coefficient (Wildman–Crippen LogP) is 4.62. The van der Waals surface area contributed by atoms with Crippen molar-refractivity contribution in [3.8, 4) is 0 Å². The number of halogens is 1. The highest BCUT2D eigenvalue weighted by molar-refractivity contribution is 9.26. The van der Waals surface area contributed by atoms with Crippen molar-refractivity contribution < 1.29 is 5.11 Å². The molecule has 0 bridgehead atoms. The first-order chi connectivity index (χ1) is 7.33. The Morgan fingerprint density at radius 2 is 1.73 bits per heavy atom. The minimum Gasteiger partial charge on any atom is -0.395 e. The zero-order valence-corrected chi connectivity index (χ0v) is 12.7. The highest BCUT2D eigenvalue weighted by atomic mass is 79.9. The van der Waals surface area contributed by atoms with E-state index in [1.807, 2.05) is 10.8 Å². The monoisotopic (exact) mass is 342 g/mol. The molecule has 1 nitrogen and oxygen atoms in total. The molecule has 15 heavy (non-hydrogen) atoms. The third-order valence-corrected chi connectivity index (χ3v) is 8.34. The molecule has 0 atom stereocenters. The Morgan fingerprint density at radius 1 is 1.07 bits per heavy atom. The summed E-state index contributed by atoms with van der Waals surface area (Å²) < 4.78 is 1.12. The van der Waals surface area contributed by atoms with Gasteiger partial charge in [-0.1, -0.05) is 49.7 Å². The number of aliphatic hydroxyl groups is 1. The Balaban J connectivity index is 2.07. The number of aliphatic hydroxyl groups excluding tert-OH is 1. The van der Waals surface area contributed by atoms with E-state index in [9.17, 15) is 0 Å². The van der Waals surface area contributed by atoms with Crippen molar-refractivity contribution in [1.29, 1.82) is 0 Å². The van der Waals surface area contributed by atoms with Gasteiger partial charge in [0.1, 0.15) is 0 Å². The van der Waals surface area contributed by atoms with Crippen molar-refractivity contribution in [2.75, 3.05) is 12.4 Å². The minimum absolute atomic E-state index is 0.260. The SMILES string of the molecule is OCCSSSSCc1ccc(Br)cc1. The molecule has 1 aromatic rings. The van der Waals surface area contributed by atoms with Crippen LogP contribution in [0, 0.1) is 0 Å². The number of hydrogen-bond acceptors (Lipinski definition) is 5. The lowest BCUT2D eigenvalue weighted by atomic mass is 10.2. The smallest absolute Gasteiger partial charge is 0.0530 e. The Kier molecular flexibility index (Phi) is 8.59. The maximum atomic E-state index is 8.57. The van der Waals surface area contributed by atoms with Gasteiger partial charge in [0.15, 0.2) is 0 Å². The zero-order chi connectivity index (χ0) is 10.9. The van der Waals surface area contributed by atoms with Crippen molar-refractivity contribution >= 4 is 57.2 Å². The van der Waals surface area contributed by atoms with Gasteiger partial charge >= 0.3 is 0 Å². The normalized spacial score (nSPS) is 10.5. The van der Waals surface area contributed by atoms with E-state index in [2.05, 4.69) is 40.2 Å². The Morgan fingerprint density at radius 3 is 2.40 bits per heavy atom. The van der Waals surface area contributed by atoms with E-state index >= 15 is 0 Å². The van der Waals surface area contributed by atoms with E-state index < -0.39 is 0 Å². The van der Waals surface area contributed by atoms with Crippen molar-refractivity contribution in [1.82, 2.24) is 0 Å². The molecule has 1 rings (SSSR count).